The summed E-state index contributed by atoms with van der Waals surface area (Å²) in [5, 5.41) is 4.77. The molecule has 0 unspecified atom stereocenters. The highest BCUT2D eigenvalue weighted by Gasteiger charge is 2.21. The first-order valence-corrected chi connectivity index (χ1v) is 11.2. The number of likely N-dealkylation sites (tertiary alicyclic amines) is 1. The maximum absolute atomic E-state index is 6.40. The third-order valence-electron chi connectivity index (χ3n) is 4.97. The topological polar surface area (TPSA) is 41.1 Å². The fourth-order valence-corrected chi connectivity index (χ4v) is 4.66. The van der Waals surface area contributed by atoms with Crippen LogP contribution in [0, 0.1) is 0 Å². The van der Waals surface area contributed by atoms with E-state index in [0.717, 1.165) is 48.1 Å². The van der Waals surface area contributed by atoms with Crippen molar-refractivity contribution in [3.8, 4) is 0 Å². The summed E-state index contributed by atoms with van der Waals surface area (Å²) in [7, 11) is 0. The lowest BCUT2D eigenvalue weighted by molar-refractivity contribution is 0.211. The number of hydrogen-bond acceptors (Lipinski definition) is 5. The summed E-state index contributed by atoms with van der Waals surface area (Å²) in [5.41, 5.74) is 1.36. The smallest absolute Gasteiger partial charge is 0.148 e. The van der Waals surface area contributed by atoms with E-state index >= 15 is 0 Å². The van der Waals surface area contributed by atoms with E-state index in [2.05, 4.69) is 50.5 Å². The number of benzene rings is 2. The van der Waals surface area contributed by atoms with E-state index in [1.807, 2.05) is 24.3 Å². The van der Waals surface area contributed by atoms with Crippen LogP contribution in [0.15, 0.2) is 70.7 Å². The van der Waals surface area contributed by atoms with Crippen molar-refractivity contribution in [2.24, 2.45) is 0 Å². The lowest BCUT2D eigenvalue weighted by Crippen LogP contribution is -2.38. The fraction of sp³-hybridized carbons (Fsp3) is 0.273. The van der Waals surface area contributed by atoms with Gasteiger partial charge in [0.15, 0.2) is 0 Å². The van der Waals surface area contributed by atoms with Crippen LogP contribution in [0.2, 0.25) is 10.2 Å². The Morgan fingerprint density at radius 2 is 1.69 bits per heavy atom. The van der Waals surface area contributed by atoms with Gasteiger partial charge >= 0.3 is 0 Å². The summed E-state index contributed by atoms with van der Waals surface area (Å²) in [6.07, 6.45) is 3.65. The van der Waals surface area contributed by atoms with Crippen LogP contribution in [0.3, 0.4) is 0 Å². The van der Waals surface area contributed by atoms with Crippen molar-refractivity contribution in [1.82, 2.24) is 14.9 Å². The van der Waals surface area contributed by atoms with Crippen LogP contribution >= 0.6 is 35.0 Å². The predicted octanol–water partition coefficient (Wildman–Crippen LogP) is 6.01. The van der Waals surface area contributed by atoms with E-state index in [9.17, 15) is 0 Å². The fourth-order valence-electron chi connectivity index (χ4n) is 3.44. The van der Waals surface area contributed by atoms with Gasteiger partial charge in [-0.15, -0.1) is 0 Å². The molecule has 4 rings (SSSR count). The summed E-state index contributed by atoms with van der Waals surface area (Å²) in [5.74, 6) is 0.798. The Labute approximate surface area is 185 Å². The lowest BCUT2D eigenvalue weighted by Gasteiger charge is -2.33. The highest BCUT2D eigenvalue weighted by atomic mass is 35.5. The molecule has 0 bridgehead atoms. The minimum Gasteiger partial charge on any atom is -0.366 e. The molecule has 4 nitrogen and oxygen atoms in total. The molecular weight excluding hydrogens is 423 g/mol. The molecule has 1 fully saturated rings. The lowest BCUT2D eigenvalue weighted by atomic mass is 10.0. The van der Waals surface area contributed by atoms with Gasteiger partial charge in [-0.2, -0.15) is 0 Å². The molecule has 3 aromatic rings. The largest absolute Gasteiger partial charge is 0.366 e. The minimum absolute atomic E-state index is 0.373. The van der Waals surface area contributed by atoms with Crippen molar-refractivity contribution in [1.29, 1.82) is 0 Å². The quantitative estimate of drug-likeness (QED) is 0.471. The van der Waals surface area contributed by atoms with Gasteiger partial charge in [-0.05, 0) is 42.7 Å². The standard InChI is InChI=1S/C22H22Cl2N4S/c23-17-6-8-19(9-7-17)29-20-21(24)25-15-26-22(20)27-18-10-12-28(13-11-18)14-16-4-2-1-3-5-16/h1-9,15,18H,10-14H2,(H,25,26,27). The highest BCUT2D eigenvalue weighted by Crippen LogP contribution is 2.37. The maximum Gasteiger partial charge on any atom is 0.148 e. The Morgan fingerprint density at radius 1 is 0.966 bits per heavy atom. The molecule has 0 aliphatic carbocycles. The molecule has 1 aromatic heterocycles. The van der Waals surface area contributed by atoms with Crippen LogP contribution in [0.5, 0.6) is 0 Å². The number of nitrogens with one attached hydrogen (secondary N) is 1. The Hall–Kier alpha value is -1.79. The molecule has 0 atom stereocenters. The number of aromatic nitrogens is 2. The summed E-state index contributed by atoms with van der Waals surface area (Å²) < 4.78 is 0. The van der Waals surface area contributed by atoms with Crippen LogP contribution in [-0.4, -0.2) is 34.0 Å². The van der Waals surface area contributed by atoms with E-state index in [1.54, 1.807) is 11.8 Å². The molecule has 1 saturated heterocycles. The minimum atomic E-state index is 0.373. The van der Waals surface area contributed by atoms with Crippen molar-refractivity contribution < 1.29 is 0 Å². The van der Waals surface area contributed by atoms with Crippen LogP contribution in [0.4, 0.5) is 5.82 Å². The van der Waals surface area contributed by atoms with E-state index in [0.29, 0.717) is 16.2 Å². The van der Waals surface area contributed by atoms with Crippen molar-refractivity contribution in [2.75, 3.05) is 18.4 Å². The number of hydrogen-bond donors (Lipinski definition) is 1. The molecular formula is C22H22Cl2N4S. The molecule has 2 heterocycles. The molecule has 150 valence electrons. The normalized spacial score (nSPS) is 15.4. The predicted molar refractivity (Wildman–Crippen MR) is 121 cm³/mol. The molecule has 29 heavy (non-hydrogen) atoms. The number of halogens is 2. The first-order valence-electron chi connectivity index (χ1n) is 9.64. The van der Waals surface area contributed by atoms with Gasteiger partial charge in [0.2, 0.25) is 0 Å². The van der Waals surface area contributed by atoms with Crippen LogP contribution in [0.1, 0.15) is 18.4 Å². The average Bonchev–Trinajstić information content (AvgIpc) is 2.74. The van der Waals surface area contributed by atoms with Gasteiger partial charge in [0.25, 0.3) is 0 Å². The van der Waals surface area contributed by atoms with E-state index < -0.39 is 0 Å². The van der Waals surface area contributed by atoms with Crippen LogP contribution in [-0.2, 0) is 6.54 Å². The SMILES string of the molecule is Clc1ccc(Sc2c(Cl)ncnc2NC2CCN(Cc3ccccc3)CC2)cc1. The van der Waals surface area contributed by atoms with Gasteiger partial charge in [0.05, 0.1) is 4.90 Å². The van der Waals surface area contributed by atoms with Gasteiger partial charge < -0.3 is 5.32 Å². The molecule has 1 aliphatic rings. The molecule has 0 radical (unpaired) electrons. The highest BCUT2D eigenvalue weighted by molar-refractivity contribution is 7.99. The Morgan fingerprint density at radius 3 is 2.41 bits per heavy atom. The van der Waals surface area contributed by atoms with Gasteiger partial charge in [-0.1, -0.05) is 65.3 Å². The molecule has 2 aromatic carbocycles. The average molecular weight is 445 g/mol. The number of rotatable bonds is 6. The Bertz CT molecular complexity index is 929. The van der Waals surface area contributed by atoms with Gasteiger partial charge in [-0.3, -0.25) is 4.90 Å². The van der Waals surface area contributed by atoms with Crippen molar-refractivity contribution in [2.45, 2.75) is 35.2 Å². The second-order valence-electron chi connectivity index (χ2n) is 7.08. The van der Waals surface area contributed by atoms with Crippen molar-refractivity contribution >= 4 is 40.8 Å². The van der Waals surface area contributed by atoms with Gasteiger partial charge in [-0.25, -0.2) is 9.97 Å². The first kappa shape index (κ1) is 20.5. The zero-order valence-electron chi connectivity index (χ0n) is 15.9. The summed E-state index contributed by atoms with van der Waals surface area (Å²) in [6.45, 7) is 3.13. The summed E-state index contributed by atoms with van der Waals surface area (Å²) >= 11 is 13.9. The molecule has 1 aliphatic heterocycles. The molecule has 0 amide bonds. The second kappa shape index (κ2) is 9.81. The second-order valence-corrected chi connectivity index (χ2v) is 8.96. The number of piperidine rings is 1. The number of nitrogens with zero attached hydrogens (tertiary/aromatic N) is 3. The molecule has 7 heteroatoms. The molecule has 0 saturated carbocycles. The summed E-state index contributed by atoms with van der Waals surface area (Å²) in [4.78, 5) is 13.0. The zero-order valence-corrected chi connectivity index (χ0v) is 18.2. The van der Waals surface area contributed by atoms with Crippen LogP contribution < -0.4 is 5.32 Å². The first-order chi connectivity index (χ1) is 14.2. The molecule has 0 spiro atoms. The van der Waals surface area contributed by atoms with Crippen molar-refractivity contribution in [3.63, 3.8) is 0 Å². The van der Waals surface area contributed by atoms with Gasteiger partial charge in [0.1, 0.15) is 17.3 Å². The number of anilines is 1. The van der Waals surface area contributed by atoms with Gasteiger partial charge in [0, 0.05) is 35.6 Å². The Kier molecular flexibility index (Phi) is 6.93. The maximum atomic E-state index is 6.40. The van der Waals surface area contributed by atoms with E-state index in [-0.39, 0.29) is 0 Å². The van der Waals surface area contributed by atoms with E-state index in [1.165, 1.54) is 11.9 Å². The monoisotopic (exact) mass is 444 g/mol. The van der Waals surface area contributed by atoms with E-state index in [4.69, 9.17) is 23.2 Å². The Balaban J connectivity index is 1.38. The van der Waals surface area contributed by atoms with Crippen molar-refractivity contribution in [3.05, 3.63) is 76.7 Å². The third-order valence-corrected chi connectivity index (χ3v) is 6.72. The van der Waals surface area contributed by atoms with Crippen LogP contribution in [0.25, 0.3) is 0 Å². The molecule has 1 N–H and O–H groups in total. The zero-order chi connectivity index (χ0) is 20.1. The summed E-state index contributed by atoms with van der Waals surface area (Å²) in [6, 6.07) is 18.7. The third kappa shape index (κ3) is 5.64.